The highest BCUT2D eigenvalue weighted by molar-refractivity contribution is 7.12. The van der Waals surface area contributed by atoms with E-state index in [1.807, 2.05) is 0 Å². The van der Waals surface area contributed by atoms with Gasteiger partial charge in [-0.05, 0) is 37.8 Å². The Morgan fingerprint density at radius 2 is 2.28 bits per heavy atom. The predicted molar refractivity (Wildman–Crippen MR) is 70.0 cm³/mol. The van der Waals surface area contributed by atoms with Gasteiger partial charge >= 0.3 is 5.97 Å². The first-order valence-electron chi connectivity index (χ1n) is 6.60. The van der Waals surface area contributed by atoms with Gasteiger partial charge < -0.3 is 9.84 Å². The number of hydrogen-bond donors (Lipinski definition) is 1. The Balaban J connectivity index is 1.85. The number of fused-ring (bicyclic) bond motifs is 2. The van der Waals surface area contributed by atoms with E-state index in [1.165, 1.54) is 9.75 Å². The maximum Gasteiger partial charge on any atom is 0.312 e. The molecule has 1 N–H and O–H groups in total. The molecular weight excluding hydrogens is 248 g/mol. The van der Waals surface area contributed by atoms with E-state index in [4.69, 9.17) is 4.74 Å². The fourth-order valence-corrected chi connectivity index (χ4v) is 4.39. The first-order valence-corrected chi connectivity index (χ1v) is 7.42. The summed E-state index contributed by atoms with van der Waals surface area (Å²) in [5.74, 6) is -0.679. The van der Waals surface area contributed by atoms with E-state index in [9.17, 15) is 9.90 Å². The number of carboxylic acid groups (broad SMARTS) is 1. The van der Waals surface area contributed by atoms with Gasteiger partial charge in [0.2, 0.25) is 0 Å². The van der Waals surface area contributed by atoms with Crippen molar-refractivity contribution in [2.45, 2.75) is 51.2 Å². The molecule has 3 unspecified atom stereocenters. The van der Waals surface area contributed by atoms with E-state index < -0.39 is 11.4 Å². The molecule has 0 spiro atoms. The van der Waals surface area contributed by atoms with Crippen molar-refractivity contribution < 1.29 is 14.6 Å². The number of rotatable bonds is 4. The number of aliphatic carboxylic acids is 1. The highest BCUT2D eigenvalue weighted by Gasteiger charge is 2.57. The molecule has 1 aromatic heterocycles. The predicted octanol–water partition coefficient (Wildman–Crippen LogP) is 2.88. The molecule has 2 saturated heterocycles. The van der Waals surface area contributed by atoms with E-state index in [0.29, 0.717) is 12.8 Å². The third-order valence-electron chi connectivity index (χ3n) is 4.30. The Morgan fingerprint density at radius 3 is 2.78 bits per heavy atom. The number of thiophene rings is 1. The number of carboxylic acids is 1. The quantitative estimate of drug-likeness (QED) is 0.911. The summed E-state index contributed by atoms with van der Waals surface area (Å²) < 4.78 is 5.78. The summed E-state index contributed by atoms with van der Waals surface area (Å²) in [6.07, 6.45) is 4.38. The summed E-state index contributed by atoms with van der Waals surface area (Å²) in [6, 6.07) is 4.20. The lowest BCUT2D eigenvalue weighted by atomic mass is 9.71. The lowest BCUT2D eigenvalue weighted by molar-refractivity contribution is -0.152. The summed E-state index contributed by atoms with van der Waals surface area (Å²) in [5, 5.41) is 9.64. The summed E-state index contributed by atoms with van der Waals surface area (Å²) in [7, 11) is 0. The van der Waals surface area contributed by atoms with Gasteiger partial charge in [0.15, 0.2) is 0 Å². The second-order valence-electron chi connectivity index (χ2n) is 5.39. The number of carbonyl (C=O) groups is 1. The van der Waals surface area contributed by atoms with Crippen LogP contribution in [-0.4, -0.2) is 23.3 Å². The Kier molecular flexibility index (Phi) is 2.94. The fourth-order valence-electron chi connectivity index (χ4n) is 3.30. The van der Waals surface area contributed by atoms with Gasteiger partial charge in [0, 0.05) is 16.2 Å². The fraction of sp³-hybridized carbons (Fsp3) is 0.643. The van der Waals surface area contributed by atoms with Crippen LogP contribution in [0, 0.1) is 5.41 Å². The number of ether oxygens (including phenoxy) is 1. The molecule has 2 bridgehead atoms. The summed E-state index contributed by atoms with van der Waals surface area (Å²) >= 11 is 1.74. The van der Waals surface area contributed by atoms with Crippen molar-refractivity contribution in [2.75, 3.05) is 0 Å². The molecule has 3 atom stereocenters. The topological polar surface area (TPSA) is 46.5 Å². The average Bonchev–Trinajstić information content (AvgIpc) is 3.03. The minimum absolute atomic E-state index is 0.0767. The Bertz CT molecular complexity index is 467. The van der Waals surface area contributed by atoms with Gasteiger partial charge in [-0.1, -0.05) is 6.92 Å². The van der Waals surface area contributed by atoms with Crippen LogP contribution in [0.3, 0.4) is 0 Å². The highest BCUT2D eigenvalue weighted by atomic mass is 32.1. The highest BCUT2D eigenvalue weighted by Crippen LogP contribution is 2.50. The molecule has 2 fully saturated rings. The van der Waals surface area contributed by atoms with Gasteiger partial charge in [0.25, 0.3) is 0 Å². The van der Waals surface area contributed by atoms with Gasteiger partial charge in [-0.3, -0.25) is 4.79 Å². The molecule has 0 aliphatic carbocycles. The second kappa shape index (κ2) is 4.35. The average molecular weight is 266 g/mol. The number of aryl methyl sites for hydroxylation is 1. The van der Waals surface area contributed by atoms with Crippen LogP contribution in [0.4, 0.5) is 0 Å². The molecule has 2 aliphatic rings. The van der Waals surface area contributed by atoms with Gasteiger partial charge in [-0.15, -0.1) is 11.3 Å². The van der Waals surface area contributed by atoms with E-state index in [0.717, 1.165) is 19.3 Å². The lowest BCUT2D eigenvalue weighted by Crippen LogP contribution is -2.42. The summed E-state index contributed by atoms with van der Waals surface area (Å²) in [5.41, 5.74) is -0.668. The Morgan fingerprint density at radius 1 is 1.50 bits per heavy atom. The summed E-state index contributed by atoms with van der Waals surface area (Å²) in [4.78, 5) is 14.2. The third kappa shape index (κ3) is 1.79. The Labute approximate surface area is 111 Å². The lowest BCUT2D eigenvalue weighted by Gasteiger charge is -2.30. The minimum Gasteiger partial charge on any atom is -0.481 e. The second-order valence-corrected chi connectivity index (χ2v) is 6.64. The van der Waals surface area contributed by atoms with Gasteiger partial charge in [-0.2, -0.15) is 0 Å². The van der Waals surface area contributed by atoms with Crippen molar-refractivity contribution in [3.05, 3.63) is 21.9 Å². The Hall–Kier alpha value is -0.870. The molecular formula is C14H18O3S. The van der Waals surface area contributed by atoms with Crippen LogP contribution in [0.2, 0.25) is 0 Å². The van der Waals surface area contributed by atoms with Crippen LogP contribution in [0.1, 0.15) is 35.9 Å². The monoisotopic (exact) mass is 266 g/mol. The standard InChI is InChI=1S/C14H18O3S/c1-2-10-4-5-11(18-10)8-14(13(15)16)7-9-3-6-12(14)17-9/h4-5,9,12H,2-3,6-8H2,1H3,(H,15,16). The van der Waals surface area contributed by atoms with Crippen molar-refractivity contribution in [3.63, 3.8) is 0 Å². The van der Waals surface area contributed by atoms with Crippen molar-refractivity contribution in [1.82, 2.24) is 0 Å². The zero-order valence-electron chi connectivity index (χ0n) is 10.5. The molecule has 3 nitrogen and oxygen atoms in total. The van der Waals surface area contributed by atoms with Crippen LogP contribution in [0.15, 0.2) is 12.1 Å². The largest absolute Gasteiger partial charge is 0.481 e. The molecule has 0 saturated carbocycles. The van der Waals surface area contributed by atoms with E-state index >= 15 is 0 Å². The first kappa shape index (κ1) is 12.2. The molecule has 3 heterocycles. The summed E-state index contributed by atoms with van der Waals surface area (Å²) in [6.45, 7) is 2.13. The number of hydrogen-bond acceptors (Lipinski definition) is 3. The van der Waals surface area contributed by atoms with Crippen molar-refractivity contribution in [1.29, 1.82) is 0 Å². The zero-order valence-corrected chi connectivity index (χ0v) is 11.3. The molecule has 2 aliphatic heterocycles. The van der Waals surface area contributed by atoms with Crippen molar-refractivity contribution >= 4 is 17.3 Å². The maximum absolute atomic E-state index is 11.7. The molecule has 18 heavy (non-hydrogen) atoms. The molecule has 0 amide bonds. The maximum atomic E-state index is 11.7. The van der Waals surface area contributed by atoms with E-state index in [2.05, 4.69) is 19.1 Å². The van der Waals surface area contributed by atoms with E-state index in [-0.39, 0.29) is 12.2 Å². The van der Waals surface area contributed by atoms with E-state index in [1.54, 1.807) is 11.3 Å². The minimum atomic E-state index is -0.679. The smallest absolute Gasteiger partial charge is 0.312 e. The van der Waals surface area contributed by atoms with Crippen LogP contribution in [0.5, 0.6) is 0 Å². The molecule has 98 valence electrons. The zero-order chi connectivity index (χ0) is 12.8. The van der Waals surface area contributed by atoms with Crippen LogP contribution < -0.4 is 0 Å². The molecule has 0 radical (unpaired) electrons. The molecule has 0 aromatic carbocycles. The third-order valence-corrected chi connectivity index (χ3v) is 5.53. The SMILES string of the molecule is CCc1ccc(CC2(C(=O)O)CC3CCC2O3)s1. The van der Waals surface area contributed by atoms with Gasteiger partial charge in [0.1, 0.15) is 5.41 Å². The molecule has 3 rings (SSSR count). The van der Waals surface area contributed by atoms with Crippen LogP contribution >= 0.6 is 11.3 Å². The van der Waals surface area contributed by atoms with Gasteiger partial charge in [-0.25, -0.2) is 0 Å². The van der Waals surface area contributed by atoms with Crippen molar-refractivity contribution in [2.24, 2.45) is 5.41 Å². The van der Waals surface area contributed by atoms with Gasteiger partial charge in [0.05, 0.1) is 12.2 Å². The first-order chi connectivity index (χ1) is 8.64. The van der Waals surface area contributed by atoms with Crippen molar-refractivity contribution in [3.8, 4) is 0 Å². The molecule has 1 aromatic rings. The van der Waals surface area contributed by atoms with Crippen LogP contribution in [0.25, 0.3) is 0 Å². The normalized spacial score (nSPS) is 34.1. The van der Waals surface area contributed by atoms with Crippen LogP contribution in [-0.2, 0) is 22.4 Å². The molecule has 4 heteroatoms.